The fourth-order valence-electron chi connectivity index (χ4n) is 1.13. The summed E-state index contributed by atoms with van der Waals surface area (Å²) in [6.45, 7) is 2.03. The van der Waals surface area contributed by atoms with Gasteiger partial charge in [0.1, 0.15) is 5.82 Å². The summed E-state index contributed by atoms with van der Waals surface area (Å²) in [7, 11) is 0. The van der Waals surface area contributed by atoms with Gasteiger partial charge in [-0.15, -0.1) is 0 Å². The average molecular weight is 204 g/mol. The quantitative estimate of drug-likeness (QED) is 0.740. The highest BCUT2D eigenvalue weighted by atomic mass is 35.5. The van der Waals surface area contributed by atoms with Gasteiger partial charge < -0.3 is 5.21 Å². The lowest BCUT2D eigenvalue weighted by molar-refractivity contribution is 0.160. The van der Waals surface area contributed by atoms with E-state index in [0.29, 0.717) is 5.56 Å². The van der Waals surface area contributed by atoms with Crippen molar-refractivity contribution < 1.29 is 9.60 Å². The van der Waals surface area contributed by atoms with E-state index in [1.807, 2.05) is 12.4 Å². The van der Waals surface area contributed by atoms with Crippen LogP contribution in [-0.2, 0) is 13.0 Å². The summed E-state index contributed by atoms with van der Waals surface area (Å²) in [4.78, 5) is 0. The normalized spacial score (nSPS) is 10.5. The molecule has 0 aliphatic heterocycles. The molecule has 0 amide bonds. The molecule has 2 nitrogen and oxygen atoms in total. The molecule has 0 aliphatic rings. The Bertz CT molecular complexity index is 304. The maximum Gasteiger partial charge on any atom is 0.146 e. The van der Waals surface area contributed by atoms with Crippen LogP contribution in [0.15, 0.2) is 12.1 Å². The minimum absolute atomic E-state index is 0.0688. The van der Waals surface area contributed by atoms with E-state index in [0.717, 1.165) is 12.0 Å². The van der Waals surface area contributed by atoms with Crippen LogP contribution in [0.25, 0.3) is 0 Å². The van der Waals surface area contributed by atoms with Crippen LogP contribution in [0.2, 0.25) is 5.02 Å². The Labute approximate surface area is 81.3 Å². The lowest BCUT2D eigenvalue weighted by Crippen LogP contribution is -2.08. The Kier molecular flexibility index (Phi) is 3.66. The summed E-state index contributed by atoms with van der Waals surface area (Å²) in [5.41, 5.74) is 3.24. The van der Waals surface area contributed by atoms with Crippen LogP contribution < -0.4 is 5.48 Å². The van der Waals surface area contributed by atoms with Crippen molar-refractivity contribution in [2.75, 3.05) is 0 Å². The lowest BCUT2D eigenvalue weighted by atomic mass is 10.1. The number of hydrogen-bond donors (Lipinski definition) is 2. The summed E-state index contributed by atoms with van der Waals surface area (Å²) >= 11 is 5.65. The molecule has 0 bridgehead atoms. The Balaban J connectivity index is 3.09. The van der Waals surface area contributed by atoms with E-state index in [4.69, 9.17) is 16.8 Å². The summed E-state index contributed by atoms with van der Waals surface area (Å²) in [5.74, 6) is -0.472. The summed E-state index contributed by atoms with van der Waals surface area (Å²) in [6.07, 6.45) is 0.790. The summed E-state index contributed by atoms with van der Waals surface area (Å²) in [6, 6.07) is 3.28. The zero-order chi connectivity index (χ0) is 9.84. The number of hydrogen-bond acceptors (Lipinski definition) is 2. The predicted octanol–water partition coefficient (Wildman–Crippen LogP) is 2.52. The minimum Gasteiger partial charge on any atom is -0.316 e. The largest absolute Gasteiger partial charge is 0.316 e. The van der Waals surface area contributed by atoms with Gasteiger partial charge in [0.15, 0.2) is 0 Å². The summed E-state index contributed by atoms with van der Waals surface area (Å²) < 4.78 is 13.2. The zero-order valence-electron chi connectivity index (χ0n) is 7.27. The molecule has 1 rings (SSSR count). The highest BCUT2D eigenvalue weighted by molar-refractivity contribution is 6.30. The van der Waals surface area contributed by atoms with E-state index in [2.05, 4.69) is 0 Å². The first kappa shape index (κ1) is 10.4. The van der Waals surface area contributed by atoms with Gasteiger partial charge in [-0.2, -0.15) is 0 Å². The third kappa shape index (κ3) is 2.40. The average Bonchev–Trinajstić information content (AvgIpc) is 2.13. The molecule has 1 aromatic carbocycles. The molecule has 13 heavy (non-hydrogen) atoms. The van der Waals surface area contributed by atoms with Gasteiger partial charge in [-0.25, -0.2) is 9.87 Å². The number of halogens is 2. The predicted molar refractivity (Wildman–Crippen MR) is 49.4 cm³/mol. The van der Waals surface area contributed by atoms with E-state index < -0.39 is 5.82 Å². The first-order valence-electron chi connectivity index (χ1n) is 4.02. The van der Waals surface area contributed by atoms with Gasteiger partial charge in [0, 0.05) is 12.1 Å². The van der Waals surface area contributed by atoms with Gasteiger partial charge in [0.2, 0.25) is 0 Å². The number of nitrogens with one attached hydrogen (secondary N) is 1. The fourth-order valence-corrected chi connectivity index (χ4v) is 1.39. The van der Waals surface area contributed by atoms with Crippen LogP contribution >= 0.6 is 11.6 Å². The van der Waals surface area contributed by atoms with Crippen molar-refractivity contribution in [1.82, 2.24) is 5.48 Å². The number of aryl methyl sites for hydroxylation is 1. The van der Waals surface area contributed by atoms with Crippen molar-refractivity contribution >= 4 is 11.6 Å². The second-order valence-electron chi connectivity index (χ2n) is 2.74. The third-order valence-electron chi connectivity index (χ3n) is 1.84. The van der Waals surface area contributed by atoms with Crippen LogP contribution in [-0.4, -0.2) is 5.21 Å². The molecule has 0 aromatic heterocycles. The summed E-state index contributed by atoms with van der Waals surface area (Å²) in [5, 5.41) is 8.54. The highest BCUT2D eigenvalue weighted by Gasteiger charge is 2.07. The molecular weight excluding hydrogens is 193 g/mol. The van der Waals surface area contributed by atoms with Crippen molar-refractivity contribution in [3.05, 3.63) is 34.1 Å². The van der Waals surface area contributed by atoms with Gasteiger partial charge in [-0.3, -0.25) is 0 Å². The topological polar surface area (TPSA) is 32.3 Å². The third-order valence-corrected chi connectivity index (χ3v) is 2.12. The van der Waals surface area contributed by atoms with Crippen LogP contribution in [0.5, 0.6) is 0 Å². The number of benzene rings is 1. The zero-order valence-corrected chi connectivity index (χ0v) is 8.03. The van der Waals surface area contributed by atoms with Crippen LogP contribution in [0.4, 0.5) is 4.39 Å². The molecule has 0 heterocycles. The minimum atomic E-state index is -0.472. The van der Waals surface area contributed by atoms with E-state index >= 15 is 0 Å². The van der Waals surface area contributed by atoms with Gasteiger partial charge in [0.25, 0.3) is 0 Å². The first-order chi connectivity index (χ1) is 6.19. The van der Waals surface area contributed by atoms with Crippen LogP contribution in [0, 0.1) is 5.82 Å². The van der Waals surface area contributed by atoms with Crippen molar-refractivity contribution in [3.8, 4) is 0 Å². The van der Waals surface area contributed by atoms with Crippen LogP contribution in [0.1, 0.15) is 18.1 Å². The monoisotopic (exact) mass is 203 g/mol. The number of rotatable bonds is 3. The molecule has 4 heteroatoms. The van der Waals surface area contributed by atoms with Gasteiger partial charge in [-0.05, 0) is 18.1 Å². The van der Waals surface area contributed by atoms with E-state index in [9.17, 15) is 4.39 Å². The number of hydroxylamine groups is 1. The SMILES string of the molecule is CCc1cc(Cl)c(F)c(CNO)c1. The standard InChI is InChI=1S/C9H11ClFNO/c1-2-6-3-7(5-12-13)9(11)8(10)4-6/h3-4,12-13H,2,5H2,1H3. The molecule has 72 valence electrons. The second kappa shape index (κ2) is 4.56. The highest BCUT2D eigenvalue weighted by Crippen LogP contribution is 2.21. The van der Waals surface area contributed by atoms with Gasteiger partial charge in [-0.1, -0.05) is 24.6 Å². The van der Waals surface area contributed by atoms with E-state index in [1.165, 1.54) is 0 Å². The molecule has 0 radical (unpaired) electrons. The maximum absolute atomic E-state index is 13.2. The Morgan fingerprint density at radius 2 is 2.23 bits per heavy atom. The molecule has 1 aromatic rings. The van der Waals surface area contributed by atoms with Gasteiger partial charge >= 0.3 is 0 Å². The van der Waals surface area contributed by atoms with Crippen LogP contribution in [0.3, 0.4) is 0 Å². The fraction of sp³-hybridized carbons (Fsp3) is 0.333. The molecule has 0 aliphatic carbocycles. The second-order valence-corrected chi connectivity index (χ2v) is 3.15. The maximum atomic E-state index is 13.2. The Hall–Kier alpha value is -0.640. The molecule has 0 atom stereocenters. The van der Waals surface area contributed by atoms with Gasteiger partial charge in [0.05, 0.1) is 5.02 Å². The Morgan fingerprint density at radius 1 is 1.54 bits per heavy atom. The Morgan fingerprint density at radius 3 is 2.77 bits per heavy atom. The van der Waals surface area contributed by atoms with Crippen molar-refractivity contribution in [2.24, 2.45) is 0 Å². The van der Waals surface area contributed by atoms with E-state index in [-0.39, 0.29) is 11.6 Å². The molecule has 0 saturated heterocycles. The van der Waals surface area contributed by atoms with Crippen molar-refractivity contribution in [1.29, 1.82) is 0 Å². The molecule has 2 N–H and O–H groups in total. The van der Waals surface area contributed by atoms with E-state index in [1.54, 1.807) is 12.1 Å². The smallest absolute Gasteiger partial charge is 0.146 e. The molecular formula is C9H11ClFNO. The molecule has 0 unspecified atom stereocenters. The van der Waals surface area contributed by atoms with Crippen molar-refractivity contribution in [3.63, 3.8) is 0 Å². The van der Waals surface area contributed by atoms with Crippen molar-refractivity contribution in [2.45, 2.75) is 19.9 Å². The molecule has 0 saturated carbocycles. The lowest BCUT2D eigenvalue weighted by Gasteiger charge is -2.06. The molecule has 0 fully saturated rings. The molecule has 0 spiro atoms. The first-order valence-corrected chi connectivity index (χ1v) is 4.40.